The summed E-state index contributed by atoms with van der Waals surface area (Å²) in [6.07, 6.45) is -1.17. The van der Waals surface area contributed by atoms with E-state index in [1.165, 1.54) is 6.92 Å². The van der Waals surface area contributed by atoms with Gasteiger partial charge in [0, 0.05) is 0 Å². The molecule has 3 N–H and O–H groups in total. The van der Waals surface area contributed by atoms with Crippen molar-refractivity contribution in [3.63, 3.8) is 0 Å². The Balaban J connectivity index is 3.84. The van der Waals surface area contributed by atoms with Gasteiger partial charge < -0.3 is 10.2 Å². The van der Waals surface area contributed by atoms with E-state index >= 15 is 0 Å². The van der Waals surface area contributed by atoms with Gasteiger partial charge in [-0.1, -0.05) is 0 Å². The van der Waals surface area contributed by atoms with Crippen LogP contribution in [0, 0.1) is 5.41 Å². The molecule has 0 bridgehead atoms. The minimum absolute atomic E-state index is 0.676. The molecule has 0 aliphatic carbocycles. The molecule has 0 aliphatic rings. The van der Waals surface area contributed by atoms with Crippen LogP contribution in [0.3, 0.4) is 0 Å². The van der Waals surface area contributed by atoms with Crippen LogP contribution in [-0.4, -0.2) is 28.0 Å². The highest BCUT2D eigenvalue weighted by atomic mass is 16.4. The van der Waals surface area contributed by atoms with Gasteiger partial charge in [-0.05, 0) is 6.92 Å². The zero-order valence-corrected chi connectivity index (χ0v) is 4.38. The van der Waals surface area contributed by atoms with Crippen LogP contribution in [0.5, 0.6) is 0 Å². The molecule has 1 atom stereocenters. The smallest absolute Gasteiger partial charge is 0.352 e. The average molecular weight is 117 g/mol. The number of hydrogen-bond donors (Lipinski definition) is 3. The molecular formula is C4H7NO3. The van der Waals surface area contributed by atoms with Crippen molar-refractivity contribution in [3.8, 4) is 0 Å². The quantitative estimate of drug-likeness (QED) is 0.425. The highest BCUT2D eigenvalue weighted by molar-refractivity contribution is 6.35. The van der Waals surface area contributed by atoms with E-state index in [4.69, 9.17) is 15.6 Å². The predicted molar refractivity (Wildman–Crippen MR) is 27.0 cm³/mol. The van der Waals surface area contributed by atoms with Crippen LogP contribution in [0.2, 0.25) is 0 Å². The standard InChI is InChI=1S/C4H7NO3/c1-2(6)3(5)4(7)8/h2,5-6H,1H3,(H,7,8). The van der Waals surface area contributed by atoms with E-state index in [9.17, 15) is 4.79 Å². The number of carboxylic acid groups (broad SMARTS) is 1. The Bertz CT molecular complexity index is 118. The van der Waals surface area contributed by atoms with Gasteiger partial charge in [-0.3, -0.25) is 5.41 Å². The minimum Gasteiger partial charge on any atom is -0.477 e. The molecule has 0 heterocycles. The van der Waals surface area contributed by atoms with Crippen molar-refractivity contribution < 1.29 is 15.0 Å². The Hall–Kier alpha value is -0.900. The molecule has 0 radical (unpaired) electrons. The lowest BCUT2D eigenvalue weighted by Crippen LogP contribution is -2.23. The summed E-state index contributed by atoms with van der Waals surface area (Å²) in [6.45, 7) is 1.23. The zero-order chi connectivity index (χ0) is 6.73. The Kier molecular flexibility index (Phi) is 2.15. The monoisotopic (exact) mass is 117 g/mol. The van der Waals surface area contributed by atoms with E-state index in [1.807, 2.05) is 0 Å². The summed E-state index contributed by atoms with van der Waals surface area (Å²) in [5, 5.41) is 22.9. The van der Waals surface area contributed by atoms with Gasteiger partial charge in [0.05, 0.1) is 6.10 Å². The van der Waals surface area contributed by atoms with E-state index in [1.54, 1.807) is 0 Å². The molecule has 0 rings (SSSR count). The number of hydrogen-bond acceptors (Lipinski definition) is 3. The Morgan fingerprint density at radius 3 is 2.12 bits per heavy atom. The third kappa shape index (κ3) is 1.70. The lowest BCUT2D eigenvalue weighted by Gasteiger charge is -1.97. The van der Waals surface area contributed by atoms with Gasteiger partial charge >= 0.3 is 5.97 Å². The number of carbonyl (C=O) groups is 1. The van der Waals surface area contributed by atoms with Crippen molar-refractivity contribution in [2.24, 2.45) is 0 Å². The van der Waals surface area contributed by atoms with Gasteiger partial charge in [-0.15, -0.1) is 0 Å². The van der Waals surface area contributed by atoms with Crippen LogP contribution in [0.4, 0.5) is 0 Å². The van der Waals surface area contributed by atoms with E-state index in [2.05, 4.69) is 0 Å². The molecule has 0 aliphatic heterocycles. The largest absolute Gasteiger partial charge is 0.477 e. The molecule has 1 unspecified atom stereocenters. The summed E-state index contributed by atoms with van der Waals surface area (Å²) in [7, 11) is 0. The second kappa shape index (κ2) is 2.42. The summed E-state index contributed by atoms with van der Waals surface area (Å²) in [5.41, 5.74) is -0.676. The molecule has 4 nitrogen and oxygen atoms in total. The van der Waals surface area contributed by atoms with Crippen molar-refractivity contribution in [1.82, 2.24) is 0 Å². The molecule has 0 saturated heterocycles. The van der Waals surface area contributed by atoms with E-state index in [-0.39, 0.29) is 0 Å². The van der Waals surface area contributed by atoms with Gasteiger partial charge in [0.25, 0.3) is 0 Å². The van der Waals surface area contributed by atoms with Crippen LogP contribution in [-0.2, 0) is 4.79 Å². The summed E-state index contributed by atoms with van der Waals surface area (Å²) >= 11 is 0. The highest BCUT2D eigenvalue weighted by Gasteiger charge is 2.11. The summed E-state index contributed by atoms with van der Waals surface area (Å²) in [4.78, 5) is 9.76. The fourth-order valence-corrected chi connectivity index (χ4v) is 0.179. The lowest BCUT2D eigenvalue weighted by molar-refractivity contribution is -0.129. The fourth-order valence-electron chi connectivity index (χ4n) is 0.179. The molecule has 0 amide bonds. The van der Waals surface area contributed by atoms with Crippen LogP contribution in [0.1, 0.15) is 6.92 Å². The summed E-state index contributed by atoms with van der Waals surface area (Å²) in [5.74, 6) is -1.37. The minimum atomic E-state index is -1.37. The second-order valence-electron chi connectivity index (χ2n) is 1.39. The SMILES string of the molecule is CC(O)C(=N)C(=O)O. The van der Waals surface area contributed by atoms with Gasteiger partial charge in [-0.2, -0.15) is 0 Å². The van der Waals surface area contributed by atoms with Crippen LogP contribution >= 0.6 is 0 Å². The van der Waals surface area contributed by atoms with Crippen LogP contribution in [0.25, 0.3) is 0 Å². The molecule has 0 fully saturated rings. The Labute approximate surface area is 46.3 Å². The maximum absolute atomic E-state index is 9.76. The first kappa shape index (κ1) is 7.10. The first-order chi connectivity index (χ1) is 3.55. The average Bonchev–Trinajstić information content (AvgIpc) is 1.64. The maximum Gasteiger partial charge on any atom is 0.352 e. The molecule has 0 spiro atoms. The van der Waals surface area contributed by atoms with Crippen LogP contribution < -0.4 is 0 Å². The number of aliphatic hydroxyl groups is 1. The van der Waals surface area contributed by atoms with Gasteiger partial charge in [0.1, 0.15) is 5.71 Å². The number of nitrogens with one attached hydrogen (secondary N) is 1. The third-order valence-electron chi connectivity index (χ3n) is 0.648. The lowest BCUT2D eigenvalue weighted by atomic mass is 10.2. The normalized spacial score (nSPS) is 12.8. The molecule has 8 heavy (non-hydrogen) atoms. The summed E-state index contributed by atoms with van der Waals surface area (Å²) < 4.78 is 0. The number of rotatable bonds is 2. The van der Waals surface area contributed by atoms with Crippen molar-refractivity contribution >= 4 is 11.7 Å². The van der Waals surface area contributed by atoms with Gasteiger partial charge in [-0.25, -0.2) is 4.79 Å². The molecule has 46 valence electrons. The fraction of sp³-hybridized carbons (Fsp3) is 0.500. The number of carboxylic acids is 1. The highest BCUT2D eigenvalue weighted by Crippen LogP contribution is 1.81. The van der Waals surface area contributed by atoms with Crippen LogP contribution in [0.15, 0.2) is 0 Å². The third-order valence-corrected chi connectivity index (χ3v) is 0.648. The van der Waals surface area contributed by atoms with Crippen molar-refractivity contribution in [3.05, 3.63) is 0 Å². The molecule has 0 aromatic carbocycles. The molecular weight excluding hydrogens is 110 g/mol. The van der Waals surface area contributed by atoms with Crippen molar-refractivity contribution in [2.45, 2.75) is 13.0 Å². The van der Waals surface area contributed by atoms with Crippen molar-refractivity contribution in [1.29, 1.82) is 5.41 Å². The molecule has 4 heteroatoms. The first-order valence-electron chi connectivity index (χ1n) is 2.05. The summed E-state index contributed by atoms with van der Waals surface area (Å²) in [6, 6.07) is 0. The Morgan fingerprint density at radius 2 is 2.12 bits per heavy atom. The van der Waals surface area contributed by atoms with Gasteiger partial charge in [0.2, 0.25) is 0 Å². The van der Waals surface area contributed by atoms with E-state index in [0.29, 0.717) is 0 Å². The molecule has 0 aromatic heterocycles. The topological polar surface area (TPSA) is 81.4 Å². The first-order valence-corrected chi connectivity index (χ1v) is 2.05. The van der Waals surface area contributed by atoms with E-state index < -0.39 is 17.8 Å². The van der Waals surface area contributed by atoms with Crippen molar-refractivity contribution in [2.75, 3.05) is 0 Å². The zero-order valence-electron chi connectivity index (χ0n) is 4.38. The molecule has 0 saturated carbocycles. The Morgan fingerprint density at radius 1 is 1.75 bits per heavy atom. The van der Waals surface area contributed by atoms with E-state index in [0.717, 1.165) is 0 Å². The second-order valence-corrected chi connectivity index (χ2v) is 1.39. The van der Waals surface area contributed by atoms with Gasteiger partial charge in [0.15, 0.2) is 0 Å². The predicted octanol–water partition coefficient (Wildman–Crippen LogP) is -0.528. The number of aliphatic carboxylic acids is 1. The molecule has 0 aromatic rings. The maximum atomic E-state index is 9.76. The number of aliphatic hydroxyl groups excluding tert-OH is 1.